The molecule has 0 fully saturated rings. The fourth-order valence-corrected chi connectivity index (χ4v) is 1.76. The lowest BCUT2D eigenvalue weighted by Crippen LogP contribution is -2.32. The molecular weight excluding hydrogens is 184 g/mol. The molecule has 0 heterocycles. The van der Waals surface area contributed by atoms with Crippen molar-refractivity contribution >= 4 is 0 Å². The molecule has 0 aliphatic heterocycles. The van der Waals surface area contributed by atoms with Gasteiger partial charge in [-0.25, -0.2) is 0 Å². The van der Waals surface area contributed by atoms with Gasteiger partial charge < -0.3 is 10.2 Å². The van der Waals surface area contributed by atoms with Crippen LogP contribution in [0.2, 0.25) is 0 Å². The van der Waals surface area contributed by atoms with E-state index in [2.05, 4.69) is 30.0 Å². The fraction of sp³-hybridized carbons (Fsp3) is 0.846. The minimum Gasteiger partial charge on any atom is -0.317 e. The number of hydrogen-bond donors (Lipinski definition) is 1. The van der Waals surface area contributed by atoms with Crippen LogP contribution in [-0.2, 0) is 0 Å². The van der Waals surface area contributed by atoms with E-state index < -0.39 is 0 Å². The van der Waals surface area contributed by atoms with Gasteiger partial charge in [-0.15, -0.1) is 12.3 Å². The van der Waals surface area contributed by atoms with Crippen molar-refractivity contribution in [2.45, 2.75) is 45.6 Å². The zero-order valence-corrected chi connectivity index (χ0v) is 10.6. The second-order valence-electron chi connectivity index (χ2n) is 3.90. The van der Waals surface area contributed by atoms with Crippen LogP contribution in [0.5, 0.6) is 0 Å². The maximum absolute atomic E-state index is 5.24. The maximum atomic E-state index is 5.24. The first-order valence-electron chi connectivity index (χ1n) is 6.11. The van der Waals surface area contributed by atoms with Crippen LogP contribution in [-0.4, -0.2) is 37.6 Å². The van der Waals surface area contributed by atoms with E-state index in [4.69, 9.17) is 6.42 Å². The molecule has 0 amide bonds. The Morgan fingerprint density at radius 3 is 2.40 bits per heavy atom. The first kappa shape index (κ1) is 14.5. The van der Waals surface area contributed by atoms with Gasteiger partial charge >= 0.3 is 0 Å². The van der Waals surface area contributed by atoms with Gasteiger partial charge in [0.25, 0.3) is 0 Å². The Morgan fingerprint density at radius 1 is 1.27 bits per heavy atom. The summed E-state index contributed by atoms with van der Waals surface area (Å²) in [4.78, 5) is 2.46. The van der Waals surface area contributed by atoms with Crippen LogP contribution in [0, 0.1) is 12.3 Å². The Bertz CT molecular complexity index is 168. The van der Waals surface area contributed by atoms with E-state index in [1.807, 2.05) is 7.05 Å². The van der Waals surface area contributed by atoms with Crippen molar-refractivity contribution < 1.29 is 0 Å². The molecule has 0 saturated heterocycles. The zero-order valence-electron chi connectivity index (χ0n) is 10.6. The Kier molecular flexibility index (Phi) is 9.67. The Labute approximate surface area is 95.4 Å². The molecule has 0 saturated carbocycles. The summed E-state index contributed by atoms with van der Waals surface area (Å²) < 4.78 is 0. The van der Waals surface area contributed by atoms with Gasteiger partial charge in [0.05, 0.1) is 0 Å². The average molecular weight is 210 g/mol. The maximum Gasteiger partial charge on any atom is 0.00866 e. The minimum absolute atomic E-state index is 0.624. The largest absolute Gasteiger partial charge is 0.317 e. The Hall–Kier alpha value is -0.520. The molecule has 0 aliphatic carbocycles. The highest BCUT2D eigenvalue weighted by molar-refractivity contribution is 4.83. The summed E-state index contributed by atoms with van der Waals surface area (Å²) in [6.07, 6.45) is 9.71. The van der Waals surface area contributed by atoms with Gasteiger partial charge in [-0.1, -0.05) is 13.8 Å². The quantitative estimate of drug-likeness (QED) is 0.463. The number of terminal acetylenes is 1. The summed E-state index contributed by atoms with van der Waals surface area (Å²) in [5, 5.41) is 3.37. The first-order chi connectivity index (χ1) is 7.28. The summed E-state index contributed by atoms with van der Waals surface area (Å²) >= 11 is 0. The summed E-state index contributed by atoms with van der Waals surface area (Å²) in [5.41, 5.74) is 0. The van der Waals surface area contributed by atoms with Gasteiger partial charge in [-0.05, 0) is 45.9 Å². The summed E-state index contributed by atoms with van der Waals surface area (Å²) in [6, 6.07) is 0.624. The molecule has 0 aliphatic rings. The van der Waals surface area contributed by atoms with E-state index in [0.29, 0.717) is 6.04 Å². The van der Waals surface area contributed by atoms with Crippen molar-refractivity contribution in [3.8, 4) is 12.3 Å². The highest BCUT2D eigenvalue weighted by Crippen LogP contribution is 2.05. The Morgan fingerprint density at radius 2 is 1.93 bits per heavy atom. The summed E-state index contributed by atoms with van der Waals surface area (Å²) in [5.74, 6) is 2.70. The molecule has 0 radical (unpaired) electrons. The van der Waals surface area contributed by atoms with Crippen molar-refractivity contribution in [2.24, 2.45) is 0 Å². The van der Waals surface area contributed by atoms with Gasteiger partial charge in [0.1, 0.15) is 0 Å². The molecule has 2 heteroatoms. The SMILES string of the molecule is C#CCCCC(CCN(CC)CC)NC. The van der Waals surface area contributed by atoms with Crippen molar-refractivity contribution in [3.63, 3.8) is 0 Å². The average Bonchev–Trinajstić information content (AvgIpc) is 2.28. The molecule has 0 aromatic heterocycles. The highest BCUT2D eigenvalue weighted by Gasteiger charge is 2.07. The van der Waals surface area contributed by atoms with E-state index in [1.165, 1.54) is 19.4 Å². The third-order valence-corrected chi connectivity index (χ3v) is 2.97. The molecular formula is C13H26N2. The van der Waals surface area contributed by atoms with Gasteiger partial charge in [0, 0.05) is 12.5 Å². The van der Waals surface area contributed by atoms with Crippen molar-refractivity contribution in [2.75, 3.05) is 26.7 Å². The van der Waals surface area contributed by atoms with Gasteiger partial charge in [0.15, 0.2) is 0 Å². The molecule has 88 valence electrons. The van der Waals surface area contributed by atoms with Crippen LogP contribution in [0.1, 0.15) is 39.5 Å². The van der Waals surface area contributed by atoms with Crippen LogP contribution in [0.3, 0.4) is 0 Å². The molecule has 0 aromatic rings. The molecule has 1 atom stereocenters. The van der Waals surface area contributed by atoms with E-state index in [-0.39, 0.29) is 0 Å². The van der Waals surface area contributed by atoms with Crippen molar-refractivity contribution in [1.82, 2.24) is 10.2 Å². The first-order valence-corrected chi connectivity index (χ1v) is 6.11. The third kappa shape index (κ3) is 7.41. The third-order valence-electron chi connectivity index (χ3n) is 2.97. The highest BCUT2D eigenvalue weighted by atomic mass is 15.1. The van der Waals surface area contributed by atoms with Crippen LogP contribution in [0.4, 0.5) is 0 Å². The van der Waals surface area contributed by atoms with Gasteiger partial charge in [-0.2, -0.15) is 0 Å². The molecule has 0 spiro atoms. The minimum atomic E-state index is 0.624. The predicted octanol–water partition coefficient (Wildman–Crippen LogP) is 2.11. The predicted molar refractivity (Wildman–Crippen MR) is 67.9 cm³/mol. The second kappa shape index (κ2) is 10.0. The van der Waals surface area contributed by atoms with Crippen molar-refractivity contribution in [1.29, 1.82) is 0 Å². The Balaban J connectivity index is 3.64. The van der Waals surface area contributed by atoms with Crippen LogP contribution < -0.4 is 5.32 Å². The lowest BCUT2D eigenvalue weighted by Gasteiger charge is -2.22. The molecule has 1 N–H and O–H groups in total. The lowest BCUT2D eigenvalue weighted by molar-refractivity contribution is 0.279. The number of rotatable bonds is 9. The van der Waals surface area contributed by atoms with Crippen LogP contribution >= 0.6 is 0 Å². The van der Waals surface area contributed by atoms with Gasteiger partial charge in [-0.3, -0.25) is 0 Å². The van der Waals surface area contributed by atoms with Crippen molar-refractivity contribution in [3.05, 3.63) is 0 Å². The van der Waals surface area contributed by atoms with E-state index in [9.17, 15) is 0 Å². The summed E-state index contributed by atoms with van der Waals surface area (Å²) in [6.45, 7) is 7.93. The number of nitrogens with zero attached hydrogens (tertiary/aromatic N) is 1. The fourth-order valence-electron chi connectivity index (χ4n) is 1.76. The molecule has 1 unspecified atom stereocenters. The van der Waals surface area contributed by atoms with Crippen LogP contribution in [0.25, 0.3) is 0 Å². The topological polar surface area (TPSA) is 15.3 Å². The normalized spacial score (nSPS) is 12.7. The van der Waals surface area contributed by atoms with E-state index in [1.54, 1.807) is 0 Å². The molecule has 2 nitrogen and oxygen atoms in total. The smallest absolute Gasteiger partial charge is 0.00866 e. The monoisotopic (exact) mass is 210 g/mol. The molecule has 15 heavy (non-hydrogen) atoms. The van der Waals surface area contributed by atoms with Gasteiger partial charge in [0.2, 0.25) is 0 Å². The van der Waals surface area contributed by atoms with E-state index >= 15 is 0 Å². The van der Waals surface area contributed by atoms with E-state index in [0.717, 1.165) is 25.9 Å². The zero-order chi connectivity index (χ0) is 11.5. The second-order valence-corrected chi connectivity index (χ2v) is 3.90. The summed E-state index contributed by atoms with van der Waals surface area (Å²) in [7, 11) is 2.04. The standard InChI is InChI=1S/C13H26N2/c1-5-8-9-10-13(14-4)11-12-15(6-2)7-3/h1,13-14H,6-12H2,2-4H3. The lowest BCUT2D eigenvalue weighted by atomic mass is 10.1. The molecule has 0 rings (SSSR count). The van der Waals surface area contributed by atoms with Crippen LogP contribution in [0.15, 0.2) is 0 Å². The molecule has 0 aromatic carbocycles. The number of hydrogen-bond acceptors (Lipinski definition) is 2. The number of nitrogens with one attached hydrogen (secondary N) is 1. The number of unbranched alkanes of at least 4 members (excludes halogenated alkanes) is 1. The molecule has 0 bridgehead atoms.